The Morgan fingerprint density at radius 1 is 1.07 bits per heavy atom. The van der Waals surface area contributed by atoms with Gasteiger partial charge < -0.3 is 9.15 Å². The molecule has 8 heteroatoms. The van der Waals surface area contributed by atoms with Crippen molar-refractivity contribution < 1.29 is 23.7 Å². The van der Waals surface area contributed by atoms with E-state index < -0.39 is 22.3 Å². The number of hydrogen-bond acceptors (Lipinski definition) is 7. The van der Waals surface area contributed by atoms with Crippen molar-refractivity contribution in [1.29, 1.82) is 0 Å². The third-order valence-corrected chi connectivity index (χ3v) is 4.28. The van der Waals surface area contributed by atoms with Crippen molar-refractivity contribution in [2.45, 2.75) is 20.8 Å². The average molecular weight is 381 g/mol. The summed E-state index contributed by atoms with van der Waals surface area (Å²) in [6.07, 6.45) is 0. The van der Waals surface area contributed by atoms with E-state index in [1.165, 1.54) is 31.2 Å². The van der Waals surface area contributed by atoms with Crippen molar-refractivity contribution in [3.63, 3.8) is 0 Å². The Labute approximate surface area is 158 Å². The molecule has 0 aliphatic heterocycles. The number of benzene rings is 2. The molecule has 0 radical (unpaired) electrons. The smallest absolute Gasteiger partial charge is 0.343 e. The second-order valence-corrected chi connectivity index (χ2v) is 6.27. The maximum absolute atomic E-state index is 12.5. The minimum absolute atomic E-state index is 0.0256. The van der Waals surface area contributed by atoms with Crippen LogP contribution in [-0.2, 0) is 0 Å². The SMILES string of the molecule is CC(=O)c1c(OC(=O)c2ccc(C)c([N+](=O)[O-])c2)ccc2c(C)cc(=O)oc12. The first-order chi connectivity index (χ1) is 13.2. The largest absolute Gasteiger partial charge is 0.422 e. The lowest BCUT2D eigenvalue weighted by Crippen LogP contribution is -2.12. The predicted molar refractivity (Wildman–Crippen MR) is 100 cm³/mol. The summed E-state index contributed by atoms with van der Waals surface area (Å²) in [7, 11) is 0. The number of Topliss-reactive ketones (excluding diaryl/α,β-unsaturated/α-hetero) is 1. The zero-order chi connectivity index (χ0) is 20.6. The third kappa shape index (κ3) is 3.39. The average Bonchev–Trinajstić information content (AvgIpc) is 2.60. The van der Waals surface area contributed by atoms with Crippen LogP contribution in [0, 0.1) is 24.0 Å². The zero-order valence-electron chi connectivity index (χ0n) is 15.3. The lowest BCUT2D eigenvalue weighted by Gasteiger charge is -2.11. The predicted octanol–water partition coefficient (Wildman–Crippen LogP) is 3.74. The zero-order valence-corrected chi connectivity index (χ0v) is 15.3. The number of nitro groups is 1. The molecule has 0 bridgehead atoms. The first-order valence-corrected chi connectivity index (χ1v) is 8.24. The van der Waals surface area contributed by atoms with Gasteiger partial charge in [-0.15, -0.1) is 0 Å². The van der Waals surface area contributed by atoms with Gasteiger partial charge in [0.2, 0.25) is 0 Å². The molecular formula is C20H15NO7. The van der Waals surface area contributed by atoms with E-state index in [1.807, 2.05) is 0 Å². The fourth-order valence-electron chi connectivity index (χ4n) is 2.88. The normalized spacial score (nSPS) is 10.7. The number of nitro benzene ring substituents is 1. The quantitative estimate of drug-likeness (QED) is 0.169. The third-order valence-electron chi connectivity index (χ3n) is 4.28. The van der Waals surface area contributed by atoms with Crippen molar-refractivity contribution in [1.82, 2.24) is 0 Å². The Kier molecular flexibility index (Phi) is 4.79. The molecule has 3 aromatic rings. The summed E-state index contributed by atoms with van der Waals surface area (Å²) in [4.78, 5) is 46.9. The molecule has 1 aromatic heterocycles. The molecule has 0 aliphatic rings. The van der Waals surface area contributed by atoms with Gasteiger partial charge in [0.25, 0.3) is 5.69 Å². The van der Waals surface area contributed by atoms with Crippen LogP contribution >= 0.6 is 0 Å². The number of esters is 1. The molecule has 8 nitrogen and oxygen atoms in total. The summed E-state index contributed by atoms with van der Waals surface area (Å²) < 4.78 is 10.5. The highest BCUT2D eigenvalue weighted by Gasteiger charge is 2.22. The molecule has 3 rings (SSSR count). The molecule has 0 saturated carbocycles. The van der Waals surface area contributed by atoms with E-state index in [4.69, 9.17) is 9.15 Å². The van der Waals surface area contributed by atoms with Gasteiger partial charge >= 0.3 is 11.6 Å². The molecule has 1 heterocycles. The number of nitrogens with zero attached hydrogens (tertiary/aromatic N) is 1. The van der Waals surface area contributed by atoms with Gasteiger partial charge in [0, 0.05) is 23.1 Å². The van der Waals surface area contributed by atoms with Crippen molar-refractivity contribution in [3.05, 3.63) is 79.2 Å². The number of carbonyl (C=O) groups excluding carboxylic acids is 2. The summed E-state index contributed by atoms with van der Waals surface area (Å²) in [6.45, 7) is 4.50. The molecule has 0 unspecified atom stereocenters. The molecule has 0 spiro atoms. The Hall–Kier alpha value is -3.81. The van der Waals surface area contributed by atoms with Crippen molar-refractivity contribution in [2.75, 3.05) is 0 Å². The van der Waals surface area contributed by atoms with E-state index >= 15 is 0 Å². The molecule has 0 N–H and O–H groups in total. The van der Waals surface area contributed by atoms with Gasteiger partial charge in [-0.3, -0.25) is 14.9 Å². The molecular weight excluding hydrogens is 366 g/mol. The van der Waals surface area contributed by atoms with Crippen LogP contribution in [0.1, 0.15) is 38.8 Å². The minimum atomic E-state index is -0.875. The van der Waals surface area contributed by atoms with Crippen LogP contribution in [0.25, 0.3) is 11.0 Å². The van der Waals surface area contributed by atoms with E-state index in [-0.39, 0.29) is 28.1 Å². The number of hydrogen-bond donors (Lipinski definition) is 0. The lowest BCUT2D eigenvalue weighted by molar-refractivity contribution is -0.385. The Bertz CT molecular complexity index is 1210. The van der Waals surface area contributed by atoms with Gasteiger partial charge in [-0.2, -0.15) is 0 Å². The van der Waals surface area contributed by atoms with Crippen LogP contribution in [-0.4, -0.2) is 16.7 Å². The standard InChI is InChI=1S/C20H15NO7/c1-10-4-5-13(9-15(10)21(25)26)20(24)27-16-7-6-14-11(2)8-17(23)28-19(14)18(16)12(3)22/h4-9H,1-3H3. The van der Waals surface area contributed by atoms with Gasteiger partial charge in [0.05, 0.1) is 10.5 Å². The summed E-state index contributed by atoms with van der Waals surface area (Å²) in [5.41, 5.74) is 0.0877. The highest BCUT2D eigenvalue weighted by Crippen LogP contribution is 2.30. The number of fused-ring (bicyclic) bond motifs is 1. The molecule has 0 fully saturated rings. The fraction of sp³-hybridized carbons (Fsp3) is 0.150. The Balaban J connectivity index is 2.10. The second kappa shape index (κ2) is 7.07. The molecule has 0 saturated heterocycles. The van der Waals surface area contributed by atoms with Crippen LogP contribution in [0.2, 0.25) is 0 Å². The van der Waals surface area contributed by atoms with Gasteiger partial charge in [-0.25, -0.2) is 9.59 Å². The van der Waals surface area contributed by atoms with Gasteiger partial charge in [0.1, 0.15) is 11.3 Å². The summed E-state index contributed by atoms with van der Waals surface area (Å²) in [6, 6.07) is 8.22. The number of aryl methyl sites for hydroxylation is 2. The number of carbonyl (C=O) groups is 2. The molecule has 142 valence electrons. The highest BCUT2D eigenvalue weighted by molar-refractivity contribution is 6.08. The van der Waals surface area contributed by atoms with E-state index in [1.54, 1.807) is 19.9 Å². The molecule has 0 aliphatic carbocycles. The Morgan fingerprint density at radius 2 is 1.79 bits per heavy atom. The maximum atomic E-state index is 12.5. The van der Waals surface area contributed by atoms with Gasteiger partial charge in [0.15, 0.2) is 11.4 Å². The van der Waals surface area contributed by atoms with E-state index in [9.17, 15) is 24.5 Å². The summed E-state index contributed by atoms with van der Waals surface area (Å²) >= 11 is 0. The molecule has 2 aromatic carbocycles. The van der Waals surface area contributed by atoms with Crippen LogP contribution in [0.5, 0.6) is 5.75 Å². The number of rotatable bonds is 4. The van der Waals surface area contributed by atoms with Gasteiger partial charge in [-0.05, 0) is 44.5 Å². The van der Waals surface area contributed by atoms with E-state index in [0.717, 1.165) is 6.07 Å². The summed E-state index contributed by atoms with van der Waals surface area (Å²) in [5, 5.41) is 11.6. The van der Waals surface area contributed by atoms with Gasteiger partial charge in [-0.1, -0.05) is 6.07 Å². The van der Waals surface area contributed by atoms with E-state index in [0.29, 0.717) is 16.5 Å². The number of ether oxygens (including phenoxy) is 1. The topological polar surface area (TPSA) is 117 Å². The van der Waals surface area contributed by atoms with Crippen LogP contribution in [0.4, 0.5) is 5.69 Å². The fourth-order valence-corrected chi connectivity index (χ4v) is 2.88. The van der Waals surface area contributed by atoms with E-state index in [2.05, 4.69) is 0 Å². The first kappa shape index (κ1) is 19.0. The van der Waals surface area contributed by atoms with Crippen LogP contribution in [0.3, 0.4) is 0 Å². The van der Waals surface area contributed by atoms with Crippen LogP contribution < -0.4 is 10.4 Å². The lowest BCUT2D eigenvalue weighted by atomic mass is 10.0. The van der Waals surface area contributed by atoms with Crippen molar-refractivity contribution >= 4 is 28.4 Å². The summed E-state index contributed by atoms with van der Waals surface area (Å²) in [5.74, 6) is -1.43. The van der Waals surface area contributed by atoms with Crippen molar-refractivity contribution in [2.24, 2.45) is 0 Å². The monoisotopic (exact) mass is 381 g/mol. The Morgan fingerprint density at radius 3 is 2.43 bits per heavy atom. The number of ketones is 1. The highest BCUT2D eigenvalue weighted by atomic mass is 16.6. The minimum Gasteiger partial charge on any atom is -0.422 e. The second-order valence-electron chi connectivity index (χ2n) is 6.27. The molecule has 28 heavy (non-hydrogen) atoms. The van der Waals surface area contributed by atoms with Crippen molar-refractivity contribution in [3.8, 4) is 5.75 Å². The first-order valence-electron chi connectivity index (χ1n) is 8.24. The molecule has 0 amide bonds. The van der Waals surface area contributed by atoms with Crippen LogP contribution in [0.15, 0.2) is 45.6 Å². The molecule has 0 atom stereocenters. The maximum Gasteiger partial charge on any atom is 0.343 e.